The highest BCUT2D eigenvalue weighted by atomic mass is 35.5. The number of ether oxygens (including phenoxy) is 1. The van der Waals surface area contributed by atoms with Gasteiger partial charge in [-0.1, -0.05) is 11.6 Å². The lowest BCUT2D eigenvalue weighted by molar-refractivity contribution is -0.133. The highest BCUT2D eigenvalue weighted by molar-refractivity contribution is 6.32. The number of hydrogen-bond donors (Lipinski definition) is 2. The van der Waals surface area contributed by atoms with Gasteiger partial charge in [0.2, 0.25) is 0 Å². The van der Waals surface area contributed by atoms with Gasteiger partial charge in [-0.25, -0.2) is 0 Å². The standard InChI is InChI=1S/C12H14ClNO3/c1-12(5-2-6-17-12)11(16)14-8-3-4-10(15)9(13)7-8/h3-4,7,15H,2,5-6H2,1H3,(H,14,16). The summed E-state index contributed by atoms with van der Waals surface area (Å²) in [6.07, 6.45) is 1.60. The van der Waals surface area contributed by atoms with Gasteiger partial charge in [-0.05, 0) is 38.0 Å². The smallest absolute Gasteiger partial charge is 0.256 e. The van der Waals surface area contributed by atoms with Crippen LogP contribution in [0, 0.1) is 0 Å². The molecule has 0 spiro atoms. The third kappa shape index (κ3) is 2.53. The number of hydrogen-bond acceptors (Lipinski definition) is 3. The van der Waals surface area contributed by atoms with Crippen LogP contribution in [0.4, 0.5) is 5.69 Å². The van der Waals surface area contributed by atoms with E-state index in [2.05, 4.69) is 5.32 Å². The van der Waals surface area contributed by atoms with Gasteiger partial charge in [0.25, 0.3) is 5.91 Å². The largest absolute Gasteiger partial charge is 0.506 e. The topological polar surface area (TPSA) is 58.6 Å². The predicted molar refractivity (Wildman–Crippen MR) is 65.3 cm³/mol. The molecular formula is C12H14ClNO3. The molecule has 1 aromatic carbocycles. The van der Waals surface area contributed by atoms with Gasteiger partial charge in [-0.3, -0.25) is 4.79 Å². The van der Waals surface area contributed by atoms with E-state index in [0.717, 1.165) is 6.42 Å². The van der Waals surface area contributed by atoms with Crippen LogP contribution in [0.3, 0.4) is 0 Å². The maximum atomic E-state index is 12.0. The second-order valence-electron chi connectivity index (χ2n) is 4.30. The normalized spacial score (nSPS) is 23.6. The van der Waals surface area contributed by atoms with Crippen LogP contribution in [0.15, 0.2) is 18.2 Å². The monoisotopic (exact) mass is 255 g/mol. The van der Waals surface area contributed by atoms with Crippen LogP contribution < -0.4 is 5.32 Å². The predicted octanol–water partition coefficient (Wildman–Crippen LogP) is 2.55. The van der Waals surface area contributed by atoms with E-state index in [4.69, 9.17) is 16.3 Å². The molecule has 1 fully saturated rings. The van der Waals surface area contributed by atoms with Gasteiger partial charge in [0.1, 0.15) is 11.4 Å². The summed E-state index contributed by atoms with van der Waals surface area (Å²) in [6.45, 7) is 2.39. The molecule has 17 heavy (non-hydrogen) atoms. The Morgan fingerprint density at radius 2 is 2.35 bits per heavy atom. The number of carbonyl (C=O) groups excluding carboxylic acids is 1. The van der Waals surface area contributed by atoms with Crippen molar-refractivity contribution < 1.29 is 14.6 Å². The minimum atomic E-state index is -0.760. The lowest BCUT2D eigenvalue weighted by atomic mass is 10.0. The van der Waals surface area contributed by atoms with Crippen molar-refractivity contribution in [3.05, 3.63) is 23.2 Å². The van der Waals surface area contributed by atoms with Gasteiger partial charge in [0.15, 0.2) is 0 Å². The first kappa shape index (κ1) is 12.2. The molecule has 1 heterocycles. The minimum absolute atomic E-state index is 0.00649. The van der Waals surface area contributed by atoms with Crippen molar-refractivity contribution in [2.75, 3.05) is 11.9 Å². The summed E-state index contributed by atoms with van der Waals surface area (Å²) in [5.74, 6) is -0.190. The molecule has 1 amide bonds. The molecular weight excluding hydrogens is 242 g/mol. The molecule has 1 unspecified atom stereocenters. The summed E-state index contributed by atoms with van der Waals surface area (Å²) in [5.41, 5.74) is -0.209. The van der Waals surface area contributed by atoms with Crippen molar-refractivity contribution in [2.45, 2.75) is 25.4 Å². The number of phenolic OH excluding ortho intramolecular Hbond substituents is 1. The van der Waals surface area contributed by atoms with Gasteiger partial charge >= 0.3 is 0 Å². The first-order valence-corrected chi connectivity index (χ1v) is 5.83. The average Bonchev–Trinajstić information content (AvgIpc) is 2.72. The molecule has 1 aliphatic rings. The van der Waals surface area contributed by atoms with E-state index in [9.17, 15) is 9.90 Å². The quantitative estimate of drug-likeness (QED) is 0.799. The lowest BCUT2D eigenvalue weighted by Crippen LogP contribution is -2.39. The van der Waals surface area contributed by atoms with Gasteiger partial charge in [0.05, 0.1) is 5.02 Å². The fraction of sp³-hybridized carbons (Fsp3) is 0.417. The summed E-state index contributed by atoms with van der Waals surface area (Å²) in [6, 6.07) is 4.54. The zero-order chi connectivity index (χ0) is 12.5. The van der Waals surface area contributed by atoms with E-state index in [1.54, 1.807) is 13.0 Å². The zero-order valence-corrected chi connectivity index (χ0v) is 10.3. The highest BCUT2D eigenvalue weighted by Gasteiger charge is 2.37. The number of anilines is 1. The molecule has 1 aliphatic heterocycles. The highest BCUT2D eigenvalue weighted by Crippen LogP contribution is 2.29. The van der Waals surface area contributed by atoms with Crippen molar-refractivity contribution in [1.82, 2.24) is 0 Å². The van der Waals surface area contributed by atoms with Crippen LogP contribution in [0.5, 0.6) is 5.75 Å². The Balaban J connectivity index is 2.10. The van der Waals surface area contributed by atoms with Crippen LogP contribution >= 0.6 is 11.6 Å². The molecule has 5 heteroatoms. The van der Waals surface area contributed by atoms with Crippen LogP contribution in [0.2, 0.25) is 5.02 Å². The molecule has 92 valence electrons. The molecule has 0 bridgehead atoms. The third-order valence-corrected chi connectivity index (χ3v) is 3.21. The van der Waals surface area contributed by atoms with Crippen molar-refractivity contribution >= 4 is 23.2 Å². The number of carbonyl (C=O) groups is 1. The SMILES string of the molecule is CC1(C(=O)Nc2ccc(O)c(Cl)c2)CCCO1. The number of rotatable bonds is 2. The molecule has 0 radical (unpaired) electrons. The van der Waals surface area contributed by atoms with Gasteiger partial charge < -0.3 is 15.2 Å². The van der Waals surface area contributed by atoms with E-state index in [0.29, 0.717) is 18.7 Å². The average molecular weight is 256 g/mol. The second-order valence-corrected chi connectivity index (χ2v) is 4.71. The van der Waals surface area contributed by atoms with E-state index < -0.39 is 5.60 Å². The molecule has 0 aliphatic carbocycles. The summed E-state index contributed by atoms with van der Waals surface area (Å²) in [4.78, 5) is 12.0. The number of nitrogens with one attached hydrogen (secondary N) is 1. The van der Waals surface area contributed by atoms with E-state index in [-0.39, 0.29) is 16.7 Å². The number of benzene rings is 1. The van der Waals surface area contributed by atoms with Crippen molar-refractivity contribution in [1.29, 1.82) is 0 Å². The minimum Gasteiger partial charge on any atom is -0.506 e. The maximum absolute atomic E-state index is 12.0. The zero-order valence-electron chi connectivity index (χ0n) is 9.50. The Hall–Kier alpha value is -1.26. The number of amides is 1. The van der Waals surface area contributed by atoms with Crippen molar-refractivity contribution in [3.63, 3.8) is 0 Å². The molecule has 2 N–H and O–H groups in total. The van der Waals surface area contributed by atoms with Crippen molar-refractivity contribution in [3.8, 4) is 5.75 Å². The Bertz CT molecular complexity index is 441. The van der Waals surface area contributed by atoms with Gasteiger partial charge in [-0.2, -0.15) is 0 Å². The molecule has 1 atom stereocenters. The molecule has 1 saturated heterocycles. The Kier molecular flexibility index (Phi) is 3.26. The fourth-order valence-corrected chi connectivity index (χ4v) is 1.99. The molecule has 1 aromatic rings. The number of halogens is 1. The Morgan fingerprint density at radius 1 is 1.59 bits per heavy atom. The molecule has 0 aromatic heterocycles. The fourth-order valence-electron chi connectivity index (χ4n) is 1.81. The van der Waals surface area contributed by atoms with Crippen LogP contribution in [0.1, 0.15) is 19.8 Å². The van der Waals surface area contributed by atoms with Crippen molar-refractivity contribution in [2.24, 2.45) is 0 Å². The van der Waals surface area contributed by atoms with E-state index in [1.165, 1.54) is 12.1 Å². The van der Waals surface area contributed by atoms with E-state index in [1.807, 2.05) is 0 Å². The Morgan fingerprint density at radius 3 is 2.94 bits per heavy atom. The molecule has 2 rings (SSSR count). The summed E-state index contributed by atoms with van der Waals surface area (Å²) in [7, 11) is 0. The Labute approximate surface area is 105 Å². The van der Waals surface area contributed by atoms with Gasteiger partial charge in [-0.15, -0.1) is 0 Å². The number of phenols is 1. The molecule has 4 nitrogen and oxygen atoms in total. The summed E-state index contributed by atoms with van der Waals surface area (Å²) < 4.78 is 5.43. The first-order valence-electron chi connectivity index (χ1n) is 5.45. The second kappa shape index (κ2) is 4.55. The van der Waals surface area contributed by atoms with E-state index >= 15 is 0 Å². The first-order chi connectivity index (χ1) is 8.01. The molecule has 0 saturated carbocycles. The van der Waals surface area contributed by atoms with Crippen LogP contribution in [-0.4, -0.2) is 23.2 Å². The third-order valence-electron chi connectivity index (χ3n) is 2.90. The van der Waals surface area contributed by atoms with Crippen LogP contribution in [0.25, 0.3) is 0 Å². The van der Waals surface area contributed by atoms with Crippen LogP contribution in [-0.2, 0) is 9.53 Å². The maximum Gasteiger partial charge on any atom is 0.256 e. The summed E-state index contributed by atoms with van der Waals surface area (Å²) in [5, 5.41) is 12.2. The lowest BCUT2D eigenvalue weighted by Gasteiger charge is -2.21. The summed E-state index contributed by atoms with van der Waals surface area (Å²) >= 11 is 5.76. The number of aromatic hydroxyl groups is 1. The van der Waals surface area contributed by atoms with Gasteiger partial charge in [0, 0.05) is 12.3 Å².